The Morgan fingerprint density at radius 1 is 0.667 bits per heavy atom. The molecule has 8 aliphatic carbocycles. The number of rotatable bonds is 4. The number of benzene rings is 1. The Bertz CT molecular complexity index is 1170. The molecule has 0 saturated heterocycles. The predicted molar refractivity (Wildman–Crippen MR) is 138 cm³/mol. The molecule has 0 spiro atoms. The van der Waals surface area contributed by atoms with E-state index in [2.05, 4.69) is 27.7 Å². The third-order valence-corrected chi connectivity index (χ3v) is 12.4. The van der Waals surface area contributed by atoms with Crippen molar-refractivity contribution in [2.24, 2.45) is 38.4 Å². The molecule has 1 aromatic rings. The van der Waals surface area contributed by atoms with Gasteiger partial charge in [0.25, 0.3) is 0 Å². The number of hydrogen-bond donors (Lipinski definition) is 2. The van der Waals surface area contributed by atoms with Crippen LogP contribution < -0.4 is 0 Å². The summed E-state index contributed by atoms with van der Waals surface area (Å²) in [6, 6.07) is 5.26. The van der Waals surface area contributed by atoms with Crippen molar-refractivity contribution in [3.8, 4) is 0 Å². The Morgan fingerprint density at radius 3 is 1.75 bits per heavy atom. The van der Waals surface area contributed by atoms with E-state index in [9.17, 15) is 19.8 Å². The maximum Gasteiger partial charge on any atom is 0.336 e. The third kappa shape index (κ3) is 2.88. The zero-order chi connectivity index (χ0) is 25.6. The monoisotopic (exact) mass is 490 g/mol. The molecule has 9 rings (SSSR count). The van der Waals surface area contributed by atoms with E-state index in [0.717, 1.165) is 30.7 Å². The van der Waals surface area contributed by atoms with E-state index in [0.29, 0.717) is 16.2 Å². The predicted octanol–water partition coefficient (Wildman–Crippen LogP) is 7.70. The van der Waals surface area contributed by atoms with Crippen molar-refractivity contribution in [1.29, 1.82) is 0 Å². The summed E-state index contributed by atoms with van der Waals surface area (Å²) in [5.74, 6) is -1.38. The fraction of sp³-hybridized carbons (Fsp3) is 0.750. The molecule has 4 nitrogen and oxygen atoms in total. The first-order chi connectivity index (χ1) is 16.6. The van der Waals surface area contributed by atoms with Crippen LogP contribution in [0.15, 0.2) is 18.2 Å². The van der Waals surface area contributed by atoms with Gasteiger partial charge in [-0.15, -0.1) is 0 Å². The second kappa shape index (κ2) is 6.41. The quantitative estimate of drug-likeness (QED) is 0.453. The van der Waals surface area contributed by atoms with Crippen LogP contribution in [0.1, 0.15) is 131 Å². The van der Waals surface area contributed by atoms with Crippen LogP contribution in [0.3, 0.4) is 0 Å². The van der Waals surface area contributed by atoms with Crippen molar-refractivity contribution in [2.75, 3.05) is 0 Å². The zero-order valence-corrected chi connectivity index (χ0v) is 22.5. The van der Waals surface area contributed by atoms with Gasteiger partial charge in [0, 0.05) is 0 Å². The molecule has 0 aromatic heterocycles. The summed E-state index contributed by atoms with van der Waals surface area (Å²) in [5, 5.41) is 20.2. The maximum atomic E-state index is 12.6. The molecular formula is C32H42O4. The van der Waals surface area contributed by atoms with Crippen molar-refractivity contribution in [2.45, 2.75) is 110 Å². The summed E-state index contributed by atoms with van der Waals surface area (Å²) < 4.78 is 0. The lowest BCUT2D eigenvalue weighted by molar-refractivity contribution is -0.270. The zero-order valence-electron chi connectivity index (χ0n) is 22.5. The second-order valence-electron chi connectivity index (χ2n) is 16.5. The van der Waals surface area contributed by atoms with Gasteiger partial charge in [-0.05, 0) is 133 Å². The number of carboxylic acids is 2. The van der Waals surface area contributed by atoms with Crippen molar-refractivity contribution >= 4 is 11.9 Å². The molecule has 36 heavy (non-hydrogen) atoms. The van der Waals surface area contributed by atoms with Gasteiger partial charge in [0.1, 0.15) is 0 Å². The minimum absolute atomic E-state index is 0.0464. The highest BCUT2D eigenvalue weighted by Gasteiger charge is 2.74. The van der Waals surface area contributed by atoms with Gasteiger partial charge in [0.2, 0.25) is 0 Å². The van der Waals surface area contributed by atoms with Crippen LogP contribution in [-0.2, 0) is 5.41 Å². The van der Waals surface area contributed by atoms with Gasteiger partial charge in [-0.2, -0.15) is 0 Å². The molecule has 8 aliphatic rings. The normalized spacial score (nSPS) is 52.1. The maximum absolute atomic E-state index is 12.6. The molecule has 4 atom stereocenters. The third-order valence-electron chi connectivity index (χ3n) is 12.4. The Balaban J connectivity index is 1.43. The molecule has 8 bridgehead atoms. The van der Waals surface area contributed by atoms with Crippen LogP contribution in [0.25, 0.3) is 0 Å². The summed E-state index contributed by atoms with van der Waals surface area (Å²) in [5.41, 5.74) is 2.41. The molecule has 0 radical (unpaired) electrons. The summed E-state index contributed by atoms with van der Waals surface area (Å²) in [7, 11) is 0. The molecule has 194 valence electrons. The van der Waals surface area contributed by atoms with Gasteiger partial charge in [0.05, 0.1) is 11.1 Å². The number of carbonyl (C=O) groups is 2. The second-order valence-corrected chi connectivity index (χ2v) is 16.5. The molecule has 8 saturated carbocycles. The van der Waals surface area contributed by atoms with E-state index in [1.807, 2.05) is 6.07 Å². The van der Waals surface area contributed by atoms with E-state index >= 15 is 0 Å². The fourth-order valence-corrected chi connectivity index (χ4v) is 14.0. The van der Waals surface area contributed by atoms with E-state index in [4.69, 9.17) is 0 Å². The first-order valence-electron chi connectivity index (χ1n) is 14.2. The van der Waals surface area contributed by atoms with Crippen molar-refractivity contribution < 1.29 is 19.8 Å². The average molecular weight is 491 g/mol. The highest BCUT2D eigenvalue weighted by molar-refractivity contribution is 6.03. The largest absolute Gasteiger partial charge is 0.478 e. The van der Waals surface area contributed by atoms with Gasteiger partial charge < -0.3 is 10.2 Å². The number of carboxylic acid groups (broad SMARTS) is 2. The van der Waals surface area contributed by atoms with Crippen molar-refractivity contribution in [1.82, 2.24) is 0 Å². The van der Waals surface area contributed by atoms with Gasteiger partial charge >= 0.3 is 11.9 Å². The van der Waals surface area contributed by atoms with Crippen LogP contribution in [0, 0.1) is 38.4 Å². The lowest BCUT2D eigenvalue weighted by Crippen LogP contribution is -2.69. The minimum atomic E-state index is -1.13. The molecule has 0 heterocycles. The molecule has 0 aliphatic heterocycles. The van der Waals surface area contributed by atoms with E-state index < -0.39 is 11.9 Å². The van der Waals surface area contributed by atoms with E-state index in [1.54, 1.807) is 6.07 Å². The lowest BCUT2D eigenvalue weighted by atomic mass is 9.26. The average Bonchev–Trinajstić information content (AvgIpc) is 2.67. The Kier molecular flexibility index (Phi) is 4.15. The van der Waals surface area contributed by atoms with Crippen LogP contribution >= 0.6 is 0 Å². The molecular weight excluding hydrogens is 448 g/mol. The first kappa shape index (κ1) is 23.3. The molecule has 2 N–H and O–H groups in total. The highest BCUT2D eigenvalue weighted by Crippen LogP contribution is 2.83. The topological polar surface area (TPSA) is 74.6 Å². The van der Waals surface area contributed by atoms with Crippen LogP contribution in [0.2, 0.25) is 0 Å². The Morgan fingerprint density at radius 2 is 1.22 bits per heavy atom. The van der Waals surface area contributed by atoms with Gasteiger partial charge in [-0.3, -0.25) is 0 Å². The lowest BCUT2D eigenvalue weighted by Gasteiger charge is -2.78. The summed E-state index contributed by atoms with van der Waals surface area (Å²) in [6.45, 7) is 10.1. The highest BCUT2D eigenvalue weighted by atomic mass is 16.4. The van der Waals surface area contributed by atoms with Gasteiger partial charge in [-0.25, -0.2) is 9.59 Å². The molecule has 1 aromatic carbocycles. The SMILES string of the molecule is CC12CC3CC(C)(C1)CC(C14CC5(C)CC(C)(CC(c6cccc(C(=O)O)c6C(=O)O)(C5)C1)C4)(C3)C2. The molecule has 4 unspecified atom stereocenters. The van der Waals surface area contributed by atoms with Crippen LogP contribution in [-0.4, -0.2) is 22.2 Å². The van der Waals surface area contributed by atoms with Crippen molar-refractivity contribution in [3.05, 3.63) is 34.9 Å². The van der Waals surface area contributed by atoms with Crippen LogP contribution in [0.4, 0.5) is 0 Å². The van der Waals surface area contributed by atoms with Gasteiger partial charge in [0.15, 0.2) is 0 Å². The molecule has 8 fully saturated rings. The van der Waals surface area contributed by atoms with Crippen molar-refractivity contribution in [3.63, 3.8) is 0 Å². The first-order valence-corrected chi connectivity index (χ1v) is 14.2. The smallest absolute Gasteiger partial charge is 0.336 e. The Labute approximate surface area is 215 Å². The fourth-order valence-electron chi connectivity index (χ4n) is 14.0. The number of aromatic carboxylic acids is 2. The van der Waals surface area contributed by atoms with Gasteiger partial charge in [-0.1, -0.05) is 39.8 Å². The van der Waals surface area contributed by atoms with Crippen LogP contribution in [0.5, 0.6) is 0 Å². The molecule has 0 amide bonds. The Hall–Kier alpha value is -1.84. The standard InChI is InChI=1S/C32H42O4/c1-26-8-20-9-27(2,11-26)16-31(10-20,15-26)32-17-28(3)12-29(4,18-32)14-30(13-28,19-32)22-7-5-6-21(24(33)34)23(22)25(35)36/h5-7,20H,8-19H2,1-4H3,(H,33,34)(H,35,36). The van der Waals surface area contributed by atoms with E-state index in [1.165, 1.54) is 63.9 Å². The summed E-state index contributed by atoms with van der Waals surface area (Å²) >= 11 is 0. The summed E-state index contributed by atoms with van der Waals surface area (Å²) in [6.07, 6.45) is 15.0. The minimum Gasteiger partial charge on any atom is -0.478 e. The number of hydrogen-bond acceptors (Lipinski definition) is 2. The summed E-state index contributed by atoms with van der Waals surface area (Å²) in [4.78, 5) is 24.8. The van der Waals surface area contributed by atoms with E-state index in [-0.39, 0.29) is 32.8 Å². The molecule has 4 heteroatoms.